The minimum Gasteiger partial charge on any atom is -0.383 e. The second-order valence-corrected chi connectivity index (χ2v) is 6.28. The van der Waals surface area contributed by atoms with Crippen molar-refractivity contribution >= 4 is 21.7 Å². The first-order valence-corrected chi connectivity index (χ1v) is 7.31. The maximum absolute atomic E-state index is 6.15. The number of hydrogen-bond acceptors (Lipinski definition) is 2. The molecule has 0 radical (unpaired) electrons. The van der Waals surface area contributed by atoms with Crippen LogP contribution in [0.2, 0.25) is 0 Å². The number of nitrogens with two attached hydrogens (primary N) is 1. The Kier molecular flexibility index (Phi) is 3.81. The summed E-state index contributed by atoms with van der Waals surface area (Å²) in [7, 11) is 0. The van der Waals surface area contributed by atoms with Crippen LogP contribution in [-0.2, 0) is 0 Å². The van der Waals surface area contributed by atoms with Gasteiger partial charge >= 0.3 is 0 Å². The molecule has 1 aromatic heterocycles. The van der Waals surface area contributed by atoms with Gasteiger partial charge in [-0.05, 0) is 47.5 Å². The van der Waals surface area contributed by atoms with Crippen LogP contribution in [0.1, 0.15) is 51.3 Å². The molecule has 4 heteroatoms. The molecule has 2 N–H and O–H groups in total. The Balaban J connectivity index is 2.33. The second-order valence-electron chi connectivity index (χ2n) is 5.49. The van der Waals surface area contributed by atoms with Gasteiger partial charge in [-0.15, -0.1) is 0 Å². The molecule has 0 bridgehead atoms. The first-order valence-electron chi connectivity index (χ1n) is 6.52. The van der Waals surface area contributed by atoms with E-state index in [0.29, 0.717) is 17.9 Å². The summed E-state index contributed by atoms with van der Waals surface area (Å²) in [6, 6.07) is 0.480. The molecule has 1 aliphatic rings. The van der Waals surface area contributed by atoms with Gasteiger partial charge in [0.25, 0.3) is 0 Å². The van der Waals surface area contributed by atoms with Crippen LogP contribution in [-0.4, -0.2) is 9.78 Å². The predicted molar refractivity (Wildman–Crippen MR) is 74.9 cm³/mol. The van der Waals surface area contributed by atoms with Crippen LogP contribution in [0.15, 0.2) is 4.47 Å². The molecule has 0 aliphatic heterocycles. The third-order valence-electron chi connectivity index (χ3n) is 4.00. The summed E-state index contributed by atoms with van der Waals surface area (Å²) < 4.78 is 3.02. The van der Waals surface area contributed by atoms with Gasteiger partial charge in [-0.1, -0.05) is 26.7 Å². The molecule has 0 aromatic carbocycles. The average molecular weight is 300 g/mol. The van der Waals surface area contributed by atoms with Gasteiger partial charge in [-0.25, -0.2) is 4.68 Å². The fraction of sp³-hybridized carbons (Fsp3) is 0.769. The minimum atomic E-state index is 0.480. The van der Waals surface area contributed by atoms with Gasteiger partial charge < -0.3 is 5.73 Å². The number of aromatic nitrogens is 2. The van der Waals surface area contributed by atoms with E-state index in [1.54, 1.807) is 0 Å². The molecule has 96 valence electrons. The average Bonchev–Trinajstić information content (AvgIpc) is 2.57. The Labute approximate surface area is 112 Å². The molecular weight excluding hydrogens is 278 g/mol. The van der Waals surface area contributed by atoms with Crippen molar-refractivity contribution in [3.63, 3.8) is 0 Å². The first kappa shape index (κ1) is 12.9. The second kappa shape index (κ2) is 5.01. The highest BCUT2D eigenvalue weighted by atomic mass is 79.9. The van der Waals surface area contributed by atoms with Crippen molar-refractivity contribution in [1.82, 2.24) is 9.78 Å². The quantitative estimate of drug-likeness (QED) is 0.899. The normalized spacial score (nSPS) is 25.5. The number of rotatable bonds is 2. The van der Waals surface area contributed by atoms with E-state index >= 15 is 0 Å². The molecule has 0 spiro atoms. The lowest BCUT2D eigenvalue weighted by Gasteiger charge is -2.34. The molecule has 0 amide bonds. The van der Waals surface area contributed by atoms with Gasteiger partial charge in [0.05, 0.1) is 16.2 Å². The Bertz CT molecular complexity index is 398. The van der Waals surface area contributed by atoms with E-state index < -0.39 is 0 Å². The van der Waals surface area contributed by atoms with Crippen molar-refractivity contribution in [3.8, 4) is 0 Å². The van der Waals surface area contributed by atoms with Gasteiger partial charge in [0.15, 0.2) is 0 Å². The van der Waals surface area contributed by atoms with E-state index in [-0.39, 0.29) is 0 Å². The van der Waals surface area contributed by atoms with Crippen molar-refractivity contribution in [2.75, 3.05) is 5.73 Å². The number of halogens is 1. The molecule has 2 rings (SSSR count). The van der Waals surface area contributed by atoms with E-state index in [0.717, 1.165) is 16.0 Å². The van der Waals surface area contributed by atoms with Crippen LogP contribution < -0.4 is 5.73 Å². The SMILES string of the molecule is Cc1nn(C2CCCCC2C(C)C)c(N)c1Br. The van der Waals surface area contributed by atoms with Crippen LogP contribution in [0.4, 0.5) is 5.82 Å². The molecule has 2 atom stereocenters. The van der Waals surface area contributed by atoms with Gasteiger partial charge in [0.1, 0.15) is 5.82 Å². The predicted octanol–water partition coefficient (Wildman–Crippen LogP) is 3.92. The summed E-state index contributed by atoms with van der Waals surface area (Å²) in [6.07, 6.45) is 5.16. The van der Waals surface area contributed by atoms with E-state index in [4.69, 9.17) is 5.73 Å². The fourth-order valence-corrected chi connectivity index (χ4v) is 3.28. The largest absolute Gasteiger partial charge is 0.383 e. The molecule has 1 fully saturated rings. The monoisotopic (exact) mass is 299 g/mol. The third-order valence-corrected chi connectivity index (χ3v) is 4.98. The van der Waals surface area contributed by atoms with Gasteiger partial charge in [0, 0.05) is 0 Å². The summed E-state index contributed by atoms with van der Waals surface area (Å²) in [6.45, 7) is 6.62. The Morgan fingerprint density at radius 3 is 2.53 bits per heavy atom. The smallest absolute Gasteiger partial charge is 0.136 e. The van der Waals surface area contributed by atoms with Crippen molar-refractivity contribution in [3.05, 3.63) is 10.2 Å². The van der Waals surface area contributed by atoms with Gasteiger partial charge in [-0.3, -0.25) is 0 Å². The first-order chi connectivity index (χ1) is 8.02. The van der Waals surface area contributed by atoms with E-state index in [1.165, 1.54) is 25.7 Å². The molecule has 1 aromatic rings. The Morgan fingerprint density at radius 2 is 2.00 bits per heavy atom. The summed E-state index contributed by atoms with van der Waals surface area (Å²) >= 11 is 3.52. The standard InChI is InChI=1S/C13H22BrN3/c1-8(2)10-6-4-5-7-11(10)17-13(15)12(14)9(3)16-17/h8,10-11H,4-7,15H2,1-3H3. The summed E-state index contributed by atoms with van der Waals surface area (Å²) in [5, 5.41) is 4.61. The van der Waals surface area contributed by atoms with E-state index in [2.05, 4.69) is 39.6 Å². The number of hydrogen-bond donors (Lipinski definition) is 1. The fourth-order valence-electron chi connectivity index (χ4n) is 3.02. The number of nitrogen functional groups attached to an aromatic ring is 1. The minimum absolute atomic E-state index is 0.480. The zero-order chi connectivity index (χ0) is 12.6. The summed E-state index contributed by atoms with van der Waals surface area (Å²) in [5.41, 5.74) is 7.15. The van der Waals surface area contributed by atoms with Crippen LogP contribution in [0, 0.1) is 18.8 Å². The lowest BCUT2D eigenvalue weighted by molar-refractivity contribution is 0.174. The maximum Gasteiger partial charge on any atom is 0.136 e. The van der Waals surface area contributed by atoms with Crippen LogP contribution >= 0.6 is 15.9 Å². The van der Waals surface area contributed by atoms with Gasteiger partial charge in [0.2, 0.25) is 0 Å². The van der Waals surface area contributed by atoms with Gasteiger partial charge in [-0.2, -0.15) is 5.10 Å². The molecule has 1 saturated carbocycles. The van der Waals surface area contributed by atoms with E-state index in [1.807, 2.05) is 6.92 Å². The maximum atomic E-state index is 6.15. The molecule has 1 aliphatic carbocycles. The topological polar surface area (TPSA) is 43.8 Å². The van der Waals surface area contributed by atoms with Crippen molar-refractivity contribution in [2.45, 2.75) is 52.5 Å². The molecule has 1 heterocycles. The molecule has 0 saturated heterocycles. The van der Waals surface area contributed by atoms with Crippen LogP contribution in [0.25, 0.3) is 0 Å². The summed E-state index contributed by atoms with van der Waals surface area (Å²) in [5.74, 6) is 2.19. The Hall–Kier alpha value is -0.510. The van der Waals surface area contributed by atoms with E-state index in [9.17, 15) is 0 Å². The Morgan fingerprint density at radius 1 is 1.35 bits per heavy atom. The lowest BCUT2D eigenvalue weighted by atomic mass is 9.78. The highest BCUT2D eigenvalue weighted by molar-refractivity contribution is 9.10. The molecular formula is C13H22BrN3. The van der Waals surface area contributed by atoms with Crippen LogP contribution in [0.3, 0.4) is 0 Å². The molecule has 3 nitrogen and oxygen atoms in total. The number of nitrogens with zero attached hydrogens (tertiary/aromatic N) is 2. The lowest BCUT2D eigenvalue weighted by Crippen LogP contribution is -2.28. The summed E-state index contributed by atoms with van der Waals surface area (Å²) in [4.78, 5) is 0. The van der Waals surface area contributed by atoms with Crippen molar-refractivity contribution in [1.29, 1.82) is 0 Å². The third kappa shape index (κ3) is 2.37. The number of anilines is 1. The highest BCUT2D eigenvalue weighted by Gasteiger charge is 2.31. The van der Waals surface area contributed by atoms with Crippen LogP contribution in [0.5, 0.6) is 0 Å². The molecule has 2 unspecified atom stereocenters. The highest BCUT2D eigenvalue weighted by Crippen LogP contribution is 2.40. The van der Waals surface area contributed by atoms with Crippen molar-refractivity contribution < 1.29 is 0 Å². The number of aryl methyl sites for hydroxylation is 1. The molecule has 17 heavy (non-hydrogen) atoms. The van der Waals surface area contributed by atoms with Crippen molar-refractivity contribution in [2.24, 2.45) is 11.8 Å². The zero-order valence-electron chi connectivity index (χ0n) is 10.9. The zero-order valence-corrected chi connectivity index (χ0v) is 12.5.